The van der Waals surface area contributed by atoms with Crippen molar-refractivity contribution < 1.29 is 0 Å². The van der Waals surface area contributed by atoms with Crippen LogP contribution in [0.2, 0.25) is 0 Å². The molecule has 0 aromatic heterocycles. The summed E-state index contributed by atoms with van der Waals surface area (Å²) in [6.45, 7) is 9.28. The number of hydrogen-bond acceptors (Lipinski definition) is 1. The topological polar surface area (TPSA) is 23.8 Å². The Hall–Kier alpha value is -0.0800. The SMILES string of the molecule is CCCCCCCCCCCC(C#N)[PH](CCCCCCCCC)(CCCCCCCCC)CCCCCCCCC. The molecule has 2 heteroatoms. The van der Waals surface area contributed by atoms with Gasteiger partial charge >= 0.3 is 269 Å². The molecule has 0 saturated carbocycles. The average molecular weight is 608 g/mol. The fourth-order valence-corrected chi connectivity index (χ4v) is 13.1. The van der Waals surface area contributed by atoms with Crippen LogP contribution in [-0.2, 0) is 0 Å². The normalized spacial score (nSPS) is 12.9. The van der Waals surface area contributed by atoms with Crippen molar-refractivity contribution in [2.45, 2.75) is 232 Å². The molecule has 252 valence electrons. The molecule has 0 radical (unpaired) electrons. The van der Waals surface area contributed by atoms with Crippen molar-refractivity contribution in [2.75, 3.05) is 18.5 Å². The van der Waals surface area contributed by atoms with Crippen molar-refractivity contribution in [1.29, 1.82) is 5.26 Å². The van der Waals surface area contributed by atoms with E-state index >= 15 is 0 Å². The molecule has 1 atom stereocenters. The second-order valence-electron chi connectivity index (χ2n) is 14.3. The van der Waals surface area contributed by atoms with Gasteiger partial charge in [-0.25, -0.2) is 0 Å². The van der Waals surface area contributed by atoms with Gasteiger partial charge in [0.1, 0.15) is 0 Å². The van der Waals surface area contributed by atoms with Crippen LogP contribution < -0.4 is 0 Å². The van der Waals surface area contributed by atoms with E-state index in [9.17, 15) is 5.26 Å². The van der Waals surface area contributed by atoms with Crippen LogP contribution in [0, 0.1) is 11.3 Å². The van der Waals surface area contributed by atoms with Gasteiger partial charge in [-0.15, -0.1) is 0 Å². The third-order valence-electron chi connectivity index (χ3n) is 10.3. The monoisotopic (exact) mass is 608 g/mol. The number of nitriles is 1. The van der Waals surface area contributed by atoms with E-state index in [4.69, 9.17) is 0 Å². The van der Waals surface area contributed by atoms with Gasteiger partial charge in [-0.05, 0) is 0 Å². The summed E-state index contributed by atoms with van der Waals surface area (Å²) in [5.41, 5.74) is 0.419. The molecule has 42 heavy (non-hydrogen) atoms. The third kappa shape index (κ3) is 25.3. The van der Waals surface area contributed by atoms with Crippen molar-refractivity contribution in [3.05, 3.63) is 0 Å². The molecule has 0 rings (SSSR count). The first-order valence-electron chi connectivity index (χ1n) is 20.1. The first-order valence-corrected chi connectivity index (χ1v) is 22.8. The summed E-state index contributed by atoms with van der Waals surface area (Å²) in [5, 5.41) is 10.7. The predicted octanol–water partition coefficient (Wildman–Crippen LogP) is 14.8. The maximum absolute atomic E-state index is 10.7. The van der Waals surface area contributed by atoms with E-state index in [2.05, 4.69) is 33.8 Å². The predicted molar refractivity (Wildman–Crippen MR) is 198 cm³/mol. The standard InChI is InChI=1S/C40H82NP/c1-5-9-13-17-21-22-23-27-31-35-40(39-41)42(36-32-28-24-18-14-10-6-2,37-33-29-25-19-15-11-7-3)38-34-30-26-20-16-12-8-4/h40,42H,5-38H2,1-4H3. The molecule has 0 bridgehead atoms. The van der Waals surface area contributed by atoms with E-state index in [1.54, 1.807) is 0 Å². The van der Waals surface area contributed by atoms with E-state index in [0.717, 1.165) is 0 Å². The summed E-state index contributed by atoms with van der Waals surface area (Å²) in [7, 11) is -1.60. The van der Waals surface area contributed by atoms with Gasteiger partial charge in [0.2, 0.25) is 0 Å². The molecule has 0 aliphatic carbocycles. The summed E-state index contributed by atoms with van der Waals surface area (Å²) in [5.74, 6) is 0. The van der Waals surface area contributed by atoms with E-state index in [-0.39, 0.29) is 0 Å². The Balaban J connectivity index is 5.15. The molecule has 0 spiro atoms. The number of rotatable bonds is 35. The molecule has 0 saturated heterocycles. The second kappa shape index (κ2) is 33.8. The van der Waals surface area contributed by atoms with Crippen LogP contribution in [0.3, 0.4) is 0 Å². The van der Waals surface area contributed by atoms with Crippen molar-refractivity contribution >= 4 is 7.26 Å². The van der Waals surface area contributed by atoms with Gasteiger partial charge in [0.05, 0.1) is 0 Å². The molecule has 0 aliphatic heterocycles. The van der Waals surface area contributed by atoms with Crippen LogP contribution >= 0.6 is 7.26 Å². The van der Waals surface area contributed by atoms with Gasteiger partial charge < -0.3 is 0 Å². The minimum absolute atomic E-state index is 0.419. The summed E-state index contributed by atoms with van der Waals surface area (Å²) in [6, 6.07) is 3.04. The van der Waals surface area contributed by atoms with Crippen molar-refractivity contribution in [3.8, 4) is 6.07 Å². The van der Waals surface area contributed by atoms with E-state index in [1.165, 1.54) is 218 Å². The van der Waals surface area contributed by atoms with Crippen molar-refractivity contribution in [1.82, 2.24) is 0 Å². The Morgan fingerprint density at radius 1 is 0.357 bits per heavy atom. The second-order valence-corrected chi connectivity index (χ2v) is 19.2. The fraction of sp³-hybridized carbons (Fsp3) is 0.975. The van der Waals surface area contributed by atoms with E-state index < -0.39 is 7.26 Å². The Bertz CT molecular complexity index is 507. The zero-order valence-electron chi connectivity index (χ0n) is 30.1. The van der Waals surface area contributed by atoms with Gasteiger partial charge in [0.15, 0.2) is 0 Å². The number of hydrogen-bond donors (Lipinski definition) is 0. The molecule has 0 aromatic carbocycles. The molecule has 0 fully saturated rings. The zero-order chi connectivity index (χ0) is 30.8. The van der Waals surface area contributed by atoms with Crippen LogP contribution in [0.4, 0.5) is 0 Å². The van der Waals surface area contributed by atoms with Crippen LogP contribution in [0.25, 0.3) is 0 Å². The first kappa shape index (κ1) is 41.9. The Labute approximate surface area is 268 Å². The Kier molecular flexibility index (Phi) is 33.7. The molecule has 0 heterocycles. The van der Waals surface area contributed by atoms with Crippen LogP contribution in [0.1, 0.15) is 227 Å². The molecular weight excluding hydrogens is 525 g/mol. The average Bonchev–Trinajstić information content (AvgIpc) is 3.00. The minimum atomic E-state index is -1.60. The molecular formula is C40H82NP. The van der Waals surface area contributed by atoms with Crippen molar-refractivity contribution in [3.63, 3.8) is 0 Å². The van der Waals surface area contributed by atoms with Crippen molar-refractivity contribution in [2.24, 2.45) is 0 Å². The van der Waals surface area contributed by atoms with Crippen LogP contribution in [0.15, 0.2) is 0 Å². The fourth-order valence-electron chi connectivity index (χ4n) is 7.37. The first-order chi connectivity index (χ1) is 20.7. The Morgan fingerprint density at radius 2 is 0.595 bits per heavy atom. The van der Waals surface area contributed by atoms with Gasteiger partial charge in [-0.1, -0.05) is 0 Å². The van der Waals surface area contributed by atoms with Crippen LogP contribution in [0.5, 0.6) is 0 Å². The quantitative estimate of drug-likeness (QED) is 0.0519. The van der Waals surface area contributed by atoms with E-state index in [0.29, 0.717) is 5.66 Å². The molecule has 1 nitrogen and oxygen atoms in total. The third-order valence-corrected chi connectivity index (χ3v) is 16.3. The van der Waals surface area contributed by atoms with Gasteiger partial charge in [-0.2, -0.15) is 0 Å². The van der Waals surface area contributed by atoms with E-state index in [1.807, 2.05) is 0 Å². The summed E-state index contributed by atoms with van der Waals surface area (Å²) in [4.78, 5) is 0. The van der Waals surface area contributed by atoms with Gasteiger partial charge in [-0.3, -0.25) is 0 Å². The summed E-state index contributed by atoms with van der Waals surface area (Å²) in [6.07, 6.45) is 47.7. The number of unbranched alkanes of at least 4 members (excludes halogenated alkanes) is 26. The molecule has 0 amide bonds. The summed E-state index contributed by atoms with van der Waals surface area (Å²) < 4.78 is 0. The zero-order valence-corrected chi connectivity index (χ0v) is 31.1. The van der Waals surface area contributed by atoms with Gasteiger partial charge in [0, 0.05) is 0 Å². The molecule has 0 aliphatic rings. The maximum atomic E-state index is 10.7. The molecule has 1 unspecified atom stereocenters. The molecule has 0 aromatic rings. The Morgan fingerprint density at radius 3 is 0.857 bits per heavy atom. The van der Waals surface area contributed by atoms with Crippen LogP contribution in [-0.4, -0.2) is 24.1 Å². The molecule has 0 N–H and O–H groups in total. The number of nitrogens with zero attached hydrogens (tertiary/aromatic N) is 1. The van der Waals surface area contributed by atoms with Gasteiger partial charge in [0.25, 0.3) is 0 Å². The summed E-state index contributed by atoms with van der Waals surface area (Å²) >= 11 is 0.